The average molecular weight is 859 g/mol. The van der Waals surface area contributed by atoms with E-state index in [9.17, 15) is 26.3 Å². The lowest BCUT2D eigenvalue weighted by atomic mass is 9.81. The van der Waals surface area contributed by atoms with Crippen LogP contribution < -0.4 is 10.2 Å². The maximum Gasteiger partial charge on any atom is 0.143 e. The highest BCUT2D eigenvalue weighted by Gasteiger charge is 2.23. The van der Waals surface area contributed by atoms with E-state index < -0.39 is 29.1 Å². The number of hydrogen-bond acceptors (Lipinski definition) is 2. The van der Waals surface area contributed by atoms with Crippen molar-refractivity contribution < 1.29 is 26.3 Å². The number of hydrogen-bond donors (Lipinski definition) is 3. The Bertz CT molecular complexity index is 2190. The second-order valence-electron chi connectivity index (χ2n) is 12.7. The van der Waals surface area contributed by atoms with E-state index in [4.69, 9.17) is 30.9 Å². The molecule has 0 saturated carbocycles. The van der Waals surface area contributed by atoms with E-state index in [1.54, 1.807) is 18.2 Å². The number of nitrogens with zero attached hydrogens (tertiary/aromatic N) is 1. The third-order valence-corrected chi connectivity index (χ3v) is 10.5. The van der Waals surface area contributed by atoms with Gasteiger partial charge in [0.05, 0.1) is 32.6 Å². The van der Waals surface area contributed by atoms with E-state index in [0.29, 0.717) is 30.9 Å². The smallest absolute Gasteiger partial charge is 0.143 e. The molecule has 0 aliphatic carbocycles. The number of aromatic nitrogens is 2. The van der Waals surface area contributed by atoms with Crippen LogP contribution in [0.2, 0.25) is 10.0 Å². The standard InChI is InChI=1S/C20H16ClF3N2.C13H12F2N2.C7H5BrClF.B2H3/c1-11-7-13(21)16(24)9-19(11)26-6-5-17-12(10-26)8-18(25-17)20-14(22)3-2-4-15(20)23;14-9-2-1-3-10(15)13(9)12-6-8-7-16-5-4-11(8)17-12;1-4-2-6(9)7(10)3-5(4)8;1-2/h2-4,7-9,25H,5-6,10H2,1H3;1-3,6,16-17H,4-5,7H2;2-3H,1H3;1H3/q;;;-1. The summed E-state index contributed by atoms with van der Waals surface area (Å²) >= 11 is 14.5. The Kier molecular flexibility index (Phi) is 14.3. The summed E-state index contributed by atoms with van der Waals surface area (Å²) in [6.45, 7) is 6.59. The van der Waals surface area contributed by atoms with Gasteiger partial charge >= 0.3 is 0 Å². The van der Waals surface area contributed by atoms with Crippen molar-refractivity contribution in [3.8, 4) is 22.5 Å². The van der Waals surface area contributed by atoms with Gasteiger partial charge in [-0.3, -0.25) is 0 Å². The molecule has 4 heterocycles. The van der Waals surface area contributed by atoms with Gasteiger partial charge in [0.1, 0.15) is 34.9 Å². The largest absolute Gasteiger partial charge is 0.366 e. The Morgan fingerprint density at radius 3 is 1.67 bits per heavy atom. The summed E-state index contributed by atoms with van der Waals surface area (Å²) in [5.41, 5.74) is 7.58. The second-order valence-corrected chi connectivity index (χ2v) is 14.4. The molecule has 55 heavy (non-hydrogen) atoms. The topological polar surface area (TPSA) is 46.9 Å². The second kappa shape index (κ2) is 18.7. The molecule has 6 aromatic rings. The van der Waals surface area contributed by atoms with Crippen molar-refractivity contribution in [2.24, 2.45) is 0 Å². The zero-order chi connectivity index (χ0) is 40.0. The minimum atomic E-state index is -0.601. The Balaban J connectivity index is 0.000000171. The number of rotatable bonds is 3. The highest BCUT2D eigenvalue weighted by Crippen LogP contribution is 2.34. The molecular weight excluding hydrogens is 823 g/mol. The van der Waals surface area contributed by atoms with Gasteiger partial charge in [0.15, 0.2) is 0 Å². The number of halogens is 9. The summed E-state index contributed by atoms with van der Waals surface area (Å²) < 4.78 is 82.6. The molecular formula is C40H36B2BrCl2F6N4-. The Labute approximate surface area is 336 Å². The molecule has 2 aliphatic heterocycles. The SMILES string of the molecule is Cc1cc(Cl)c(F)cc1Br.Cc1cc(Cl)c(F)cc1N1CCc2[nH]c(-c3c(F)cccc3F)cc2C1.Fc1cccc(F)c1-c1cc2c([nH]1)CCNC2.[B][BH3-]. The summed E-state index contributed by atoms with van der Waals surface area (Å²) in [7, 11) is 5.00. The van der Waals surface area contributed by atoms with Gasteiger partial charge in [-0.2, -0.15) is 7.74 Å². The molecule has 0 unspecified atom stereocenters. The Morgan fingerprint density at radius 1 is 0.655 bits per heavy atom. The van der Waals surface area contributed by atoms with E-state index in [1.165, 1.54) is 48.5 Å². The minimum Gasteiger partial charge on any atom is -0.366 e. The zero-order valence-corrected chi connectivity index (χ0v) is 32.2. The summed E-state index contributed by atoms with van der Waals surface area (Å²) in [5.74, 6) is -3.11. The first-order valence-electron chi connectivity index (χ1n) is 16.6. The fourth-order valence-corrected chi connectivity index (χ4v) is 7.13. The van der Waals surface area contributed by atoms with E-state index in [2.05, 4.69) is 31.2 Å². The van der Waals surface area contributed by atoms with E-state index in [1.807, 2.05) is 24.8 Å². The van der Waals surface area contributed by atoms with Crippen molar-refractivity contribution in [2.45, 2.75) is 39.8 Å². The molecule has 4 aromatic carbocycles. The molecule has 0 bridgehead atoms. The summed E-state index contributed by atoms with van der Waals surface area (Å²) in [6, 6.07) is 17.3. The lowest BCUT2D eigenvalue weighted by Crippen LogP contribution is -2.30. The minimum absolute atomic E-state index is 0.0295. The number of aryl methyl sites for hydroxylation is 2. The first-order chi connectivity index (χ1) is 26.3. The monoisotopic (exact) mass is 857 g/mol. The van der Waals surface area contributed by atoms with Crippen LogP contribution in [0.5, 0.6) is 0 Å². The first-order valence-corrected chi connectivity index (χ1v) is 18.2. The number of aromatic amines is 2. The van der Waals surface area contributed by atoms with Crippen LogP contribution in [0.1, 0.15) is 33.6 Å². The molecule has 286 valence electrons. The zero-order valence-electron chi connectivity index (χ0n) is 29.1. The molecule has 0 saturated heterocycles. The molecule has 3 N–H and O–H groups in total. The van der Waals surface area contributed by atoms with Crippen molar-refractivity contribution in [3.63, 3.8) is 0 Å². The van der Waals surface area contributed by atoms with Gasteiger partial charge in [-0.15, -0.1) is 0 Å². The molecule has 0 amide bonds. The molecule has 2 aromatic heterocycles. The Morgan fingerprint density at radius 2 is 1.15 bits per heavy atom. The van der Waals surface area contributed by atoms with E-state index in [-0.39, 0.29) is 34.7 Å². The number of benzene rings is 4. The molecule has 0 fully saturated rings. The summed E-state index contributed by atoms with van der Waals surface area (Å²) in [4.78, 5) is 8.30. The maximum absolute atomic E-state index is 14.1. The quantitative estimate of drug-likeness (QED) is 0.0944. The van der Waals surface area contributed by atoms with Crippen LogP contribution in [0.4, 0.5) is 32.0 Å². The molecule has 2 radical (unpaired) electrons. The number of fused-ring (bicyclic) bond motifs is 2. The van der Waals surface area contributed by atoms with E-state index >= 15 is 0 Å². The highest BCUT2D eigenvalue weighted by molar-refractivity contribution is 9.10. The third-order valence-electron chi connectivity index (χ3n) is 9.09. The van der Waals surface area contributed by atoms with Crippen LogP contribution >= 0.6 is 39.1 Å². The normalized spacial score (nSPS) is 13.0. The summed E-state index contributed by atoms with van der Waals surface area (Å²) in [5, 5.41) is 3.49. The van der Waals surface area contributed by atoms with Crippen LogP contribution in [0.25, 0.3) is 22.5 Å². The van der Waals surface area contributed by atoms with Crippen molar-refractivity contribution in [3.05, 3.63) is 156 Å². The van der Waals surface area contributed by atoms with Gasteiger partial charge in [-0.25, -0.2) is 26.3 Å². The lowest BCUT2D eigenvalue weighted by molar-refractivity contribution is 0.588. The molecule has 0 spiro atoms. The van der Waals surface area contributed by atoms with Crippen LogP contribution in [-0.4, -0.2) is 38.5 Å². The van der Waals surface area contributed by atoms with Crippen molar-refractivity contribution in [1.29, 1.82) is 0 Å². The van der Waals surface area contributed by atoms with Crippen molar-refractivity contribution in [2.75, 3.05) is 18.0 Å². The molecule has 2 aliphatic rings. The fraction of sp³-hybridized carbons (Fsp3) is 0.200. The molecule has 15 heteroatoms. The molecule has 8 rings (SSSR count). The predicted octanol–water partition coefficient (Wildman–Crippen LogP) is 10.2. The van der Waals surface area contributed by atoms with Gasteiger partial charge in [-0.1, -0.05) is 59.0 Å². The lowest BCUT2D eigenvalue weighted by Gasteiger charge is -2.30. The molecule has 0 atom stereocenters. The Hall–Kier alpha value is -4.03. The van der Waals surface area contributed by atoms with Crippen LogP contribution in [0.15, 0.2) is 77.3 Å². The van der Waals surface area contributed by atoms with E-state index in [0.717, 1.165) is 63.3 Å². The van der Waals surface area contributed by atoms with Gasteiger partial charge in [0.2, 0.25) is 0 Å². The average Bonchev–Trinajstić information content (AvgIpc) is 3.77. The van der Waals surface area contributed by atoms with Gasteiger partial charge in [0, 0.05) is 60.6 Å². The first kappa shape index (κ1) is 42.1. The predicted molar refractivity (Wildman–Crippen MR) is 218 cm³/mol. The van der Waals surface area contributed by atoms with Crippen molar-refractivity contribution >= 4 is 60.3 Å². The molecule has 4 nitrogen and oxygen atoms in total. The fourth-order valence-electron chi connectivity index (χ4n) is 6.38. The number of H-pyrrole nitrogens is 2. The van der Waals surface area contributed by atoms with Crippen LogP contribution in [0.3, 0.4) is 0 Å². The number of anilines is 1. The number of nitrogens with one attached hydrogen (secondary N) is 3. The maximum atomic E-state index is 14.1. The van der Waals surface area contributed by atoms with Crippen molar-refractivity contribution in [1.82, 2.24) is 15.3 Å². The highest BCUT2D eigenvalue weighted by atomic mass is 79.9. The third kappa shape index (κ3) is 9.86. The van der Waals surface area contributed by atoms with Crippen LogP contribution in [-0.2, 0) is 25.9 Å². The van der Waals surface area contributed by atoms with Gasteiger partial charge in [0.25, 0.3) is 0 Å². The van der Waals surface area contributed by atoms with Gasteiger partial charge < -0.3 is 20.2 Å². The summed E-state index contributed by atoms with van der Waals surface area (Å²) in [6.07, 6.45) is 1.54. The van der Waals surface area contributed by atoms with Gasteiger partial charge in [-0.05, 0) is 96.8 Å². The van der Waals surface area contributed by atoms with Crippen LogP contribution in [0, 0.1) is 48.8 Å².